The number of thiazole rings is 1. The Hall–Kier alpha value is -1.47. The molecule has 0 fully saturated rings. The van der Waals surface area contributed by atoms with Gasteiger partial charge in [0.2, 0.25) is 5.91 Å². The average Bonchev–Trinajstić information content (AvgIpc) is 2.65. The van der Waals surface area contributed by atoms with Crippen LogP contribution in [-0.4, -0.2) is 23.0 Å². The smallest absolute Gasteiger partial charge is 0.318 e. The van der Waals surface area contributed by atoms with E-state index in [1.54, 1.807) is 18.6 Å². The molecule has 0 bridgehead atoms. The molecule has 6 nitrogen and oxygen atoms in total. The van der Waals surface area contributed by atoms with E-state index in [1.807, 2.05) is 5.32 Å². The number of rotatable bonds is 4. The number of hydrogen-bond acceptors (Lipinski definition) is 5. The zero-order chi connectivity index (χ0) is 11.3. The first-order chi connectivity index (χ1) is 7.09. The first-order valence-electron chi connectivity index (χ1n) is 4.30. The molecule has 0 aliphatic rings. The molecular formula is C8H12N4O2S. The van der Waals surface area contributed by atoms with Gasteiger partial charge in [-0.05, 0) is 6.92 Å². The summed E-state index contributed by atoms with van der Waals surface area (Å²) in [6.45, 7) is 2.19. The molecule has 7 heteroatoms. The van der Waals surface area contributed by atoms with E-state index >= 15 is 0 Å². The monoisotopic (exact) mass is 228 g/mol. The van der Waals surface area contributed by atoms with E-state index in [1.165, 1.54) is 11.3 Å². The summed E-state index contributed by atoms with van der Waals surface area (Å²) < 4.78 is 0. The van der Waals surface area contributed by atoms with Gasteiger partial charge in [0.25, 0.3) is 0 Å². The number of urea groups is 1. The number of nitrogens with zero attached hydrogens (tertiary/aromatic N) is 1. The van der Waals surface area contributed by atoms with Crippen LogP contribution in [0.5, 0.6) is 0 Å². The maximum atomic E-state index is 11.2. The molecule has 0 saturated heterocycles. The lowest BCUT2D eigenvalue weighted by Gasteiger charge is -2.11. The lowest BCUT2D eigenvalue weighted by molar-refractivity contribution is -0.121. The third kappa shape index (κ3) is 4.05. The van der Waals surface area contributed by atoms with Gasteiger partial charge in [-0.3, -0.25) is 15.1 Å². The predicted molar refractivity (Wildman–Crippen MR) is 56.1 cm³/mol. The summed E-state index contributed by atoms with van der Waals surface area (Å²) in [7, 11) is 0. The van der Waals surface area contributed by atoms with Gasteiger partial charge >= 0.3 is 6.03 Å². The van der Waals surface area contributed by atoms with Gasteiger partial charge in [0.05, 0.1) is 11.6 Å². The van der Waals surface area contributed by atoms with Crippen LogP contribution >= 0.6 is 11.3 Å². The highest BCUT2D eigenvalue weighted by Gasteiger charge is 2.13. The molecule has 1 heterocycles. The fourth-order valence-electron chi connectivity index (χ4n) is 0.905. The summed E-state index contributed by atoms with van der Waals surface area (Å²) in [5.41, 5.74) is 6.53. The van der Waals surface area contributed by atoms with Crippen molar-refractivity contribution >= 4 is 23.3 Å². The van der Waals surface area contributed by atoms with E-state index in [-0.39, 0.29) is 0 Å². The van der Waals surface area contributed by atoms with Gasteiger partial charge in [-0.1, -0.05) is 0 Å². The summed E-state index contributed by atoms with van der Waals surface area (Å²) >= 11 is 1.49. The zero-order valence-corrected chi connectivity index (χ0v) is 9.00. The Bertz CT molecular complexity index is 338. The molecule has 0 spiro atoms. The number of hydrogen-bond donors (Lipinski definition) is 3. The predicted octanol–water partition coefficient (Wildman–Crippen LogP) is -0.184. The average molecular weight is 228 g/mol. The fraction of sp³-hybridized carbons (Fsp3) is 0.375. The van der Waals surface area contributed by atoms with Crippen molar-refractivity contribution < 1.29 is 9.59 Å². The molecule has 82 valence electrons. The molecule has 1 aromatic heterocycles. The lowest BCUT2D eigenvalue weighted by atomic mass is 10.3. The Kier molecular flexibility index (Phi) is 4.19. The highest BCUT2D eigenvalue weighted by Crippen LogP contribution is 2.04. The van der Waals surface area contributed by atoms with E-state index < -0.39 is 18.0 Å². The third-order valence-electron chi connectivity index (χ3n) is 1.71. The van der Waals surface area contributed by atoms with Gasteiger partial charge in [-0.15, -0.1) is 11.3 Å². The van der Waals surface area contributed by atoms with Gasteiger partial charge in [-0.25, -0.2) is 4.79 Å². The molecule has 1 aromatic rings. The molecule has 4 N–H and O–H groups in total. The van der Waals surface area contributed by atoms with E-state index in [2.05, 4.69) is 10.3 Å². The number of nitrogens with two attached hydrogens (primary N) is 1. The van der Waals surface area contributed by atoms with Crippen LogP contribution in [0.1, 0.15) is 11.8 Å². The first-order valence-corrected chi connectivity index (χ1v) is 5.18. The summed E-state index contributed by atoms with van der Waals surface area (Å²) in [6, 6.07) is -1.31. The molecule has 0 aliphatic heterocycles. The number of carbonyl (C=O) groups is 2. The van der Waals surface area contributed by atoms with Crippen molar-refractivity contribution in [1.82, 2.24) is 15.6 Å². The van der Waals surface area contributed by atoms with Gasteiger partial charge < -0.3 is 11.1 Å². The molecule has 3 amide bonds. The highest BCUT2D eigenvalue weighted by molar-refractivity contribution is 7.09. The van der Waals surface area contributed by atoms with Crippen LogP contribution in [0.4, 0.5) is 4.79 Å². The first kappa shape index (κ1) is 11.6. The van der Waals surface area contributed by atoms with Crippen LogP contribution in [0.25, 0.3) is 0 Å². The summed E-state index contributed by atoms with van der Waals surface area (Å²) in [6.07, 6.45) is 1.72. The van der Waals surface area contributed by atoms with Crippen LogP contribution in [0.2, 0.25) is 0 Å². The van der Waals surface area contributed by atoms with Gasteiger partial charge in [0.15, 0.2) is 0 Å². The molecule has 0 aliphatic carbocycles. The zero-order valence-electron chi connectivity index (χ0n) is 8.19. The van der Waals surface area contributed by atoms with Gasteiger partial charge in [0.1, 0.15) is 0 Å². The topological polar surface area (TPSA) is 97.1 Å². The van der Waals surface area contributed by atoms with E-state index in [0.29, 0.717) is 6.54 Å². The summed E-state index contributed by atoms with van der Waals surface area (Å²) in [5.74, 6) is -0.438. The van der Waals surface area contributed by atoms with Crippen molar-refractivity contribution in [3.63, 3.8) is 0 Å². The second kappa shape index (κ2) is 5.42. The Labute approximate surface area is 90.9 Å². The maximum absolute atomic E-state index is 11.2. The molecule has 15 heavy (non-hydrogen) atoms. The molecule has 1 unspecified atom stereocenters. The minimum atomic E-state index is -0.841. The van der Waals surface area contributed by atoms with Crippen molar-refractivity contribution in [3.05, 3.63) is 16.6 Å². The maximum Gasteiger partial charge on any atom is 0.318 e. The van der Waals surface area contributed by atoms with Crippen molar-refractivity contribution in [3.8, 4) is 0 Å². The Balaban J connectivity index is 2.32. The van der Waals surface area contributed by atoms with Crippen molar-refractivity contribution in [1.29, 1.82) is 0 Å². The second-order valence-corrected chi connectivity index (χ2v) is 3.89. The Morgan fingerprint density at radius 2 is 2.40 bits per heavy atom. The minimum absolute atomic E-state index is 0.438. The lowest BCUT2D eigenvalue weighted by Crippen LogP contribution is -2.46. The number of amides is 3. The molecule has 1 rings (SSSR count). The van der Waals surface area contributed by atoms with Crippen molar-refractivity contribution in [2.24, 2.45) is 5.73 Å². The van der Waals surface area contributed by atoms with Crippen LogP contribution in [0, 0.1) is 0 Å². The van der Waals surface area contributed by atoms with Crippen LogP contribution < -0.4 is 16.4 Å². The number of carbonyl (C=O) groups excluding carboxylic acids is 2. The Morgan fingerprint density at radius 3 is 2.93 bits per heavy atom. The number of aromatic nitrogens is 1. The third-order valence-corrected chi connectivity index (χ3v) is 2.49. The van der Waals surface area contributed by atoms with Gasteiger partial charge in [-0.2, -0.15) is 0 Å². The molecule has 0 saturated carbocycles. The van der Waals surface area contributed by atoms with Crippen molar-refractivity contribution in [2.75, 3.05) is 0 Å². The largest absolute Gasteiger partial charge is 0.351 e. The Morgan fingerprint density at radius 1 is 1.67 bits per heavy atom. The summed E-state index contributed by atoms with van der Waals surface area (Å²) in [5, 5.41) is 4.94. The van der Waals surface area contributed by atoms with Gasteiger partial charge in [0, 0.05) is 17.6 Å². The fourth-order valence-corrected chi connectivity index (χ4v) is 1.45. The number of primary amides is 1. The molecular weight excluding hydrogens is 216 g/mol. The number of imide groups is 1. The minimum Gasteiger partial charge on any atom is -0.351 e. The molecule has 0 aromatic carbocycles. The quantitative estimate of drug-likeness (QED) is 0.665. The standard InChI is InChI=1S/C8H12N4O2S/c1-5(7(13)12-8(9)14)11-3-6-2-10-4-15-6/h2,4-5,11H,3H2,1H3,(H3,9,12,13,14). The van der Waals surface area contributed by atoms with Crippen LogP contribution in [0.15, 0.2) is 11.7 Å². The SMILES string of the molecule is CC(NCc1cncs1)C(=O)NC(N)=O. The normalized spacial score (nSPS) is 12.1. The van der Waals surface area contributed by atoms with Crippen molar-refractivity contribution in [2.45, 2.75) is 19.5 Å². The van der Waals surface area contributed by atoms with E-state index in [4.69, 9.17) is 5.73 Å². The number of nitrogens with one attached hydrogen (secondary N) is 2. The van der Waals surface area contributed by atoms with Crippen LogP contribution in [0.3, 0.4) is 0 Å². The highest BCUT2D eigenvalue weighted by atomic mass is 32.1. The summed E-state index contributed by atoms with van der Waals surface area (Å²) in [4.78, 5) is 26.5. The van der Waals surface area contributed by atoms with E-state index in [0.717, 1.165) is 4.88 Å². The second-order valence-electron chi connectivity index (χ2n) is 2.92. The van der Waals surface area contributed by atoms with Crippen LogP contribution in [-0.2, 0) is 11.3 Å². The molecule has 1 atom stereocenters. The molecule has 0 radical (unpaired) electrons. The van der Waals surface area contributed by atoms with E-state index in [9.17, 15) is 9.59 Å².